The van der Waals surface area contributed by atoms with Crippen LogP contribution in [0.3, 0.4) is 0 Å². The largest absolute Gasteiger partial charge is 0.508 e. The zero-order valence-corrected chi connectivity index (χ0v) is 21.8. The molecule has 2 aliphatic heterocycles. The molecule has 10 nitrogen and oxygen atoms in total. The van der Waals surface area contributed by atoms with Crippen molar-refractivity contribution in [1.29, 1.82) is 0 Å². The molecule has 0 aliphatic carbocycles. The Morgan fingerprint density at radius 2 is 1.64 bits per heavy atom. The lowest BCUT2D eigenvalue weighted by Gasteiger charge is -2.28. The maximum atomic E-state index is 13.4. The van der Waals surface area contributed by atoms with Crippen molar-refractivity contribution >= 4 is 23.7 Å². The first kappa shape index (κ1) is 28.1. The molecule has 0 radical (unpaired) electrons. The first-order valence-electron chi connectivity index (χ1n) is 13.5. The maximum absolute atomic E-state index is 13.4. The minimum Gasteiger partial charge on any atom is -0.508 e. The van der Waals surface area contributed by atoms with E-state index in [1.807, 2.05) is 6.07 Å². The monoisotopic (exact) mass is 536 g/mol. The third-order valence-electron chi connectivity index (χ3n) is 7.31. The van der Waals surface area contributed by atoms with Crippen LogP contribution in [0.4, 0.5) is 0 Å². The van der Waals surface area contributed by atoms with Crippen LogP contribution in [-0.4, -0.2) is 76.1 Å². The van der Waals surface area contributed by atoms with Crippen LogP contribution in [0.5, 0.6) is 5.75 Å². The van der Waals surface area contributed by atoms with E-state index in [1.54, 1.807) is 41.3 Å². The van der Waals surface area contributed by atoms with Gasteiger partial charge in [-0.2, -0.15) is 0 Å². The minimum atomic E-state index is -1.15. The van der Waals surface area contributed by atoms with Crippen molar-refractivity contribution in [2.75, 3.05) is 13.1 Å². The molecule has 0 aromatic heterocycles. The number of carboxylic acid groups (broad SMARTS) is 1. The molecule has 2 heterocycles. The highest BCUT2D eigenvalue weighted by Gasteiger charge is 2.38. The first-order valence-corrected chi connectivity index (χ1v) is 13.5. The zero-order valence-electron chi connectivity index (χ0n) is 21.8. The van der Waals surface area contributed by atoms with E-state index in [9.17, 15) is 29.4 Å². The van der Waals surface area contributed by atoms with Gasteiger partial charge in [0.1, 0.15) is 17.8 Å². The Morgan fingerprint density at radius 1 is 0.923 bits per heavy atom. The zero-order chi connectivity index (χ0) is 27.8. The molecular formula is C29H36N4O6. The summed E-state index contributed by atoms with van der Waals surface area (Å²) in [5.74, 6) is -1.94. The molecule has 2 aromatic rings. The number of nitrogens with one attached hydrogen (secondary N) is 3. The molecule has 2 fully saturated rings. The number of carboxylic acids is 1. The number of benzene rings is 2. The molecule has 0 bridgehead atoms. The Kier molecular flexibility index (Phi) is 9.54. The summed E-state index contributed by atoms with van der Waals surface area (Å²) in [5, 5.41) is 28.1. The van der Waals surface area contributed by atoms with Crippen molar-refractivity contribution in [3.8, 4) is 5.75 Å². The number of carbonyl (C=O) groups is 4. The normalized spacial score (nSPS) is 20.3. The van der Waals surface area contributed by atoms with Crippen LogP contribution in [0.25, 0.3) is 0 Å². The molecule has 0 saturated carbocycles. The standard InChI is InChI=1S/C29H36N4O6/c34-22-12-10-20(11-13-22)16-21(18-26(35)32-24(29(38)39)17-19-6-2-1-3-7-19)31-27(36)25-9-5-15-33(25)28(37)23-8-4-14-30-23/h1-3,6-7,10-13,21,23-25,30,34H,4-5,8-9,14-18H2,(H,31,36)(H,32,35)(H,38,39). The lowest BCUT2D eigenvalue weighted by Crippen LogP contribution is -2.53. The van der Waals surface area contributed by atoms with Crippen LogP contribution in [0, 0.1) is 0 Å². The molecule has 3 amide bonds. The molecule has 4 atom stereocenters. The third-order valence-corrected chi connectivity index (χ3v) is 7.31. The number of phenols is 1. The van der Waals surface area contributed by atoms with Gasteiger partial charge in [-0.3, -0.25) is 14.4 Å². The van der Waals surface area contributed by atoms with Crippen LogP contribution < -0.4 is 16.0 Å². The molecule has 208 valence electrons. The molecule has 2 aromatic carbocycles. The molecule has 5 N–H and O–H groups in total. The van der Waals surface area contributed by atoms with E-state index in [-0.39, 0.29) is 36.4 Å². The van der Waals surface area contributed by atoms with Crippen molar-refractivity contribution < 1.29 is 29.4 Å². The predicted molar refractivity (Wildman–Crippen MR) is 144 cm³/mol. The number of aliphatic carboxylic acids is 1. The number of hydrogen-bond acceptors (Lipinski definition) is 6. The predicted octanol–water partition coefficient (Wildman–Crippen LogP) is 1.36. The maximum Gasteiger partial charge on any atom is 0.326 e. The second kappa shape index (κ2) is 13.2. The van der Waals surface area contributed by atoms with Crippen molar-refractivity contribution in [3.05, 3.63) is 65.7 Å². The van der Waals surface area contributed by atoms with E-state index in [0.717, 1.165) is 36.9 Å². The van der Waals surface area contributed by atoms with E-state index in [1.165, 1.54) is 12.1 Å². The lowest BCUT2D eigenvalue weighted by atomic mass is 10.0. The van der Waals surface area contributed by atoms with Gasteiger partial charge in [-0.15, -0.1) is 0 Å². The molecule has 4 rings (SSSR count). The summed E-state index contributed by atoms with van der Waals surface area (Å²) in [4.78, 5) is 52.9. The summed E-state index contributed by atoms with van der Waals surface area (Å²) in [6.45, 7) is 1.30. The van der Waals surface area contributed by atoms with E-state index < -0.39 is 30.0 Å². The molecule has 4 unspecified atom stereocenters. The summed E-state index contributed by atoms with van der Waals surface area (Å²) in [7, 11) is 0. The highest BCUT2D eigenvalue weighted by atomic mass is 16.4. The third kappa shape index (κ3) is 7.79. The fourth-order valence-corrected chi connectivity index (χ4v) is 5.31. The average molecular weight is 537 g/mol. The Balaban J connectivity index is 1.44. The van der Waals surface area contributed by atoms with Gasteiger partial charge in [-0.1, -0.05) is 42.5 Å². The van der Waals surface area contributed by atoms with E-state index >= 15 is 0 Å². The van der Waals surface area contributed by atoms with Gasteiger partial charge in [0.2, 0.25) is 17.7 Å². The molecule has 2 aliphatic rings. The molecule has 2 saturated heterocycles. The van der Waals surface area contributed by atoms with Crippen LogP contribution in [0.2, 0.25) is 0 Å². The number of amides is 3. The Hall–Kier alpha value is -3.92. The van der Waals surface area contributed by atoms with Gasteiger partial charge in [0.05, 0.1) is 6.04 Å². The van der Waals surface area contributed by atoms with Gasteiger partial charge in [0.15, 0.2) is 0 Å². The number of carbonyl (C=O) groups excluding carboxylic acids is 3. The molecule has 0 spiro atoms. The number of likely N-dealkylation sites (tertiary alicyclic amines) is 1. The lowest BCUT2D eigenvalue weighted by molar-refractivity contribution is -0.142. The van der Waals surface area contributed by atoms with Crippen LogP contribution in [0.15, 0.2) is 54.6 Å². The summed E-state index contributed by atoms with van der Waals surface area (Å²) in [6.07, 6.45) is 3.22. The summed E-state index contributed by atoms with van der Waals surface area (Å²) in [5.41, 5.74) is 1.57. The molecule has 10 heteroatoms. The quantitative estimate of drug-likeness (QED) is 0.291. The van der Waals surface area contributed by atoms with Crippen LogP contribution >= 0.6 is 0 Å². The molecule has 39 heavy (non-hydrogen) atoms. The Bertz CT molecular complexity index is 1150. The van der Waals surface area contributed by atoms with Gasteiger partial charge in [-0.05, 0) is 61.9 Å². The van der Waals surface area contributed by atoms with Gasteiger partial charge in [0.25, 0.3) is 0 Å². The Labute approximate surface area is 227 Å². The van der Waals surface area contributed by atoms with Crippen LogP contribution in [0.1, 0.15) is 43.2 Å². The van der Waals surface area contributed by atoms with Gasteiger partial charge in [0, 0.05) is 25.4 Å². The number of rotatable bonds is 11. The number of aromatic hydroxyl groups is 1. The fraction of sp³-hybridized carbons (Fsp3) is 0.448. The van der Waals surface area contributed by atoms with Gasteiger partial charge in [-0.25, -0.2) is 4.79 Å². The van der Waals surface area contributed by atoms with Crippen molar-refractivity contribution in [1.82, 2.24) is 20.9 Å². The van der Waals surface area contributed by atoms with Gasteiger partial charge < -0.3 is 31.1 Å². The smallest absolute Gasteiger partial charge is 0.326 e. The average Bonchev–Trinajstić information content (AvgIpc) is 3.63. The van der Waals surface area contributed by atoms with E-state index in [2.05, 4.69) is 16.0 Å². The highest BCUT2D eigenvalue weighted by molar-refractivity contribution is 5.91. The van der Waals surface area contributed by atoms with Crippen molar-refractivity contribution in [2.24, 2.45) is 0 Å². The molecular weight excluding hydrogens is 500 g/mol. The number of nitrogens with zero attached hydrogens (tertiary/aromatic N) is 1. The van der Waals surface area contributed by atoms with Crippen molar-refractivity contribution in [2.45, 2.75) is 69.1 Å². The Morgan fingerprint density at radius 3 is 2.31 bits per heavy atom. The fourth-order valence-electron chi connectivity index (χ4n) is 5.31. The summed E-state index contributed by atoms with van der Waals surface area (Å²) >= 11 is 0. The van der Waals surface area contributed by atoms with E-state index in [4.69, 9.17) is 0 Å². The summed E-state index contributed by atoms with van der Waals surface area (Å²) < 4.78 is 0. The second-order valence-electron chi connectivity index (χ2n) is 10.3. The van der Waals surface area contributed by atoms with Crippen molar-refractivity contribution in [3.63, 3.8) is 0 Å². The topological polar surface area (TPSA) is 148 Å². The summed E-state index contributed by atoms with van der Waals surface area (Å²) in [6, 6.07) is 12.9. The number of phenolic OH excluding ortho intramolecular Hbond substituents is 1. The highest BCUT2D eigenvalue weighted by Crippen LogP contribution is 2.22. The van der Waals surface area contributed by atoms with Crippen LogP contribution in [-0.2, 0) is 32.0 Å². The number of hydrogen-bond donors (Lipinski definition) is 5. The minimum absolute atomic E-state index is 0.0665. The second-order valence-corrected chi connectivity index (χ2v) is 10.3. The van der Waals surface area contributed by atoms with Gasteiger partial charge >= 0.3 is 5.97 Å². The first-order chi connectivity index (χ1) is 18.8. The van der Waals surface area contributed by atoms with E-state index in [0.29, 0.717) is 19.4 Å². The SMILES string of the molecule is O=C(CC(Cc1ccc(O)cc1)NC(=O)C1CCCN1C(=O)C1CCCN1)NC(Cc1ccccc1)C(=O)O.